The van der Waals surface area contributed by atoms with Crippen molar-refractivity contribution in [2.45, 2.75) is 12.6 Å². The van der Waals surface area contributed by atoms with Crippen LogP contribution in [-0.2, 0) is 11.3 Å². The van der Waals surface area contributed by atoms with E-state index in [2.05, 4.69) is 39.2 Å². The lowest BCUT2D eigenvalue weighted by molar-refractivity contribution is 0.0161. The zero-order valence-corrected chi connectivity index (χ0v) is 14.1. The molecule has 2 heterocycles. The standard InChI is InChI=1S/C17H21ClN2OS/c18-16-3-1-2-15(10-16)17(20-5-7-21-8-6-20)12-19-11-14-4-9-22-13-14/h1-4,9-10,13,17,19H,5-8,11-12H2. The number of morpholine rings is 1. The van der Waals surface area contributed by atoms with E-state index < -0.39 is 0 Å². The Bertz CT molecular complexity index is 570. The summed E-state index contributed by atoms with van der Waals surface area (Å²) in [5.41, 5.74) is 2.61. The first kappa shape index (κ1) is 16.0. The molecule has 1 aliphatic rings. The molecule has 1 fully saturated rings. The van der Waals surface area contributed by atoms with E-state index in [1.807, 2.05) is 12.1 Å². The lowest BCUT2D eigenvalue weighted by Crippen LogP contribution is -2.42. The average molecular weight is 337 g/mol. The maximum absolute atomic E-state index is 6.18. The Balaban J connectivity index is 1.67. The molecule has 1 unspecified atom stereocenters. The van der Waals surface area contributed by atoms with Crippen LogP contribution in [0.25, 0.3) is 0 Å². The van der Waals surface area contributed by atoms with Crippen molar-refractivity contribution in [1.82, 2.24) is 10.2 Å². The topological polar surface area (TPSA) is 24.5 Å². The van der Waals surface area contributed by atoms with Gasteiger partial charge < -0.3 is 10.1 Å². The van der Waals surface area contributed by atoms with Gasteiger partial charge in [-0.1, -0.05) is 23.7 Å². The van der Waals surface area contributed by atoms with Gasteiger partial charge in [-0.3, -0.25) is 4.90 Å². The average Bonchev–Trinajstić information content (AvgIpc) is 3.06. The molecule has 1 saturated heterocycles. The molecule has 0 amide bonds. The maximum Gasteiger partial charge on any atom is 0.0594 e. The number of hydrogen-bond acceptors (Lipinski definition) is 4. The van der Waals surface area contributed by atoms with Crippen LogP contribution >= 0.6 is 22.9 Å². The van der Waals surface area contributed by atoms with E-state index in [-0.39, 0.29) is 0 Å². The van der Waals surface area contributed by atoms with Gasteiger partial charge in [-0.2, -0.15) is 11.3 Å². The zero-order valence-electron chi connectivity index (χ0n) is 12.5. The zero-order chi connectivity index (χ0) is 15.2. The van der Waals surface area contributed by atoms with Gasteiger partial charge in [-0.05, 0) is 40.1 Å². The molecule has 118 valence electrons. The van der Waals surface area contributed by atoms with Gasteiger partial charge in [-0.15, -0.1) is 0 Å². The molecule has 3 nitrogen and oxygen atoms in total. The second kappa shape index (κ2) is 8.09. The van der Waals surface area contributed by atoms with Crippen LogP contribution in [0.4, 0.5) is 0 Å². The second-order valence-electron chi connectivity index (χ2n) is 5.48. The van der Waals surface area contributed by atoms with Crippen molar-refractivity contribution in [3.05, 3.63) is 57.2 Å². The van der Waals surface area contributed by atoms with Crippen molar-refractivity contribution < 1.29 is 4.74 Å². The fourth-order valence-electron chi connectivity index (χ4n) is 2.81. The van der Waals surface area contributed by atoms with E-state index in [0.29, 0.717) is 6.04 Å². The summed E-state index contributed by atoms with van der Waals surface area (Å²) in [6, 6.07) is 10.7. The van der Waals surface area contributed by atoms with Crippen molar-refractivity contribution in [1.29, 1.82) is 0 Å². The highest BCUT2D eigenvalue weighted by Gasteiger charge is 2.22. The van der Waals surface area contributed by atoms with Crippen LogP contribution in [0.5, 0.6) is 0 Å². The van der Waals surface area contributed by atoms with Gasteiger partial charge in [0.05, 0.1) is 13.2 Å². The largest absolute Gasteiger partial charge is 0.379 e. The Kier molecular flexibility index (Phi) is 5.87. The highest BCUT2D eigenvalue weighted by atomic mass is 35.5. The Morgan fingerprint density at radius 2 is 2.14 bits per heavy atom. The first-order valence-corrected chi connectivity index (χ1v) is 8.94. The fourth-order valence-corrected chi connectivity index (χ4v) is 3.67. The molecule has 22 heavy (non-hydrogen) atoms. The summed E-state index contributed by atoms with van der Waals surface area (Å²) in [6.45, 7) is 5.37. The number of nitrogens with zero attached hydrogens (tertiary/aromatic N) is 1. The molecule has 0 radical (unpaired) electrons. The molecule has 0 aliphatic carbocycles. The van der Waals surface area contributed by atoms with E-state index in [1.165, 1.54) is 11.1 Å². The van der Waals surface area contributed by atoms with Gasteiger partial charge in [0.1, 0.15) is 0 Å². The van der Waals surface area contributed by atoms with Crippen molar-refractivity contribution in [2.75, 3.05) is 32.8 Å². The van der Waals surface area contributed by atoms with Crippen LogP contribution in [0.15, 0.2) is 41.1 Å². The van der Waals surface area contributed by atoms with Gasteiger partial charge >= 0.3 is 0 Å². The van der Waals surface area contributed by atoms with Gasteiger partial charge in [0.15, 0.2) is 0 Å². The lowest BCUT2D eigenvalue weighted by atomic mass is 10.0. The molecule has 1 aromatic heterocycles. The predicted octanol–water partition coefficient (Wildman–Crippen LogP) is 3.56. The van der Waals surface area contributed by atoms with Gasteiger partial charge in [0.2, 0.25) is 0 Å². The highest BCUT2D eigenvalue weighted by Crippen LogP contribution is 2.24. The van der Waals surface area contributed by atoms with Crippen LogP contribution in [0, 0.1) is 0 Å². The lowest BCUT2D eigenvalue weighted by Gasteiger charge is -2.35. The van der Waals surface area contributed by atoms with E-state index >= 15 is 0 Å². The summed E-state index contributed by atoms with van der Waals surface area (Å²) >= 11 is 7.92. The smallest absolute Gasteiger partial charge is 0.0594 e. The summed E-state index contributed by atoms with van der Waals surface area (Å²) in [6.07, 6.45) is 0. The third kappa shape index (κ3) is 4.31. The quantitative estimate of drug-likeness (QED) is 0.872. The molecule has 0 spiro atoms. The van der Waals surface area contributed by atoms with Crippen LogP contribution in [-0.4, -0.2) is 37.7 Å². The summed E-state index contributed by atoms with van der Waals surface area (Å²) in [5, 5.41) is 8.69. The van der Waals surface area contributed by atoms with Gasteiger partial charge in [-0.25, -0.2) is 0 Å². The minimum absolute atomic E-state index is 0.334. The number of benzene rings is 1. The molecule has 1 N–H and O–H groups in total. The first-order valence-electron chi connectivity index (χ1n) is 7.62. The molecule has 1 aromatic carbocycles. The number of thiophene rings is 1. The Morgan fingerprint density at radius 3 is 2.86 bits per heavy atom. The monoisotopic (exact) mass is 336 g/mol. The molecular formula is C17H21ClN2OS. The molecule has 5 heteroatoms. The molecule has 3 rings (SSSR count). The fraction of sp³-hybridized carbons (Fsp3) is 0.412. The maximum atomic E-state index is 6.18. The Labute approximate surface area is 140 Å². The molecule has 1 atom stereocenters. The normalized spacial score (nSPS) is 17.5. The van der Waals surface area contributed by atoms with Crippen LogP contribution < -0.4 is 5.32 Å². The number of nitrogens with one attached hydrogen (secondary N) is 1. The minimum atomic E-state index is 0.334. The number of hydrogen-bond donors (Lipinski definition) is 1. The third-order valence-corrected chi connectivity index (χ3v) is 4.93. The predicted molar refractivity (Wildman–Crippen MR) is 92.6 cm³/mol. The van der Waals surface area contributed by atoms with Crippen molar-refractivity contribution >= 4 is 22.9 Å². The van der Waals surface area contributed by atoms with Crippen LogP contribution in [0.1, 0.15) is 17.2 Å². The van der Waals surface area contributed by atoms with E-state index in [9.17, 15) is 0 Å². The van der Waals surface area contributed by atoms with Crippen LogP contribution in [0.2, 0.25) is 5.02 Å². The molecular weight excluding hydrogens is 316 g/mol. The third-order valence-electron chi connectivity index (χ3n) is 3.97. The van der Waals surface area contributed by atoms with Gasteiger partial charge in [0.25, 0.3) is 0 Å². The Hall–Kier alpha value is -0.910. The summed E-state index contributed by atoms with van der Waals surface area (Å²) in [5.74, 6) is 0. The molecule has 2 aromatic rings. The molecule has 0 saturated carbocycles. The first-order chi connectivity index (χ1) is 10.8. The van der Waals surface area contributed by atoms with Gasteiger partial charge in [0, 0.05) is 37.2 Å². The van der Waals surface area contributed by atoms with Crippen molar-refractivity contribution in [3.8, 4) is 0 Å². The molecule has 0 bridgehead atoms. The van der Waals surface area contributed by atoms with Crippen molar-refractivity contribution in [2.24, 2.45) is 0 Å². The summed E-state index contributed by atoms with van der Waals surface area (Å²) < 4.78 is 5.49. The minimum Gasteiger partial charge on any atom is -0.379 e. The van der Waals surface area contributed by atoms with E-state index in [4.69, 9.17) is 16.3 Å². The van der Waals surface area contributed by atoms with Crippen molar-refractivity contribution in [3.63, 3.8) is 0 Å². The number of ether oxygens (including phenoxy) is 1. The summed E-state index contributed by atoms with van der Waals surface area (Å²) in [7, 11) is 0. The summed E-state index contributed by atoms with van der Waals surface area (Å²) in [4.78, 5) is 2.48. The highest BCUT2D eigenvalue weighted by molar-refractivity contribution is 7.07. The van der Waals surface area contributed by atoms with E-state index in [0.717, 1.165) is 44.4 Å². The number of rotatable bonds is 6. The number of halogens is 1. The van der Waals surface area contributed by atoms with Crippen LogP contribution in [0.3, 0.4) is 0 Å². The Morgan fingerprint density at radius 1 is 1.27 bits per heavy atom. The SMILES string of the molecule is Clc1cccc(C(CNCc2ccsc2)N2CCOCC2)c1. The van der Waals surface area contributed by atoms with E-state index in [1.54, 1.807) is 11.3 Å². The second-order valence-corrected chi connectivity index (χ2v) is 6.70. The molecule has 1 aliphatic heterocycles.